The summed E-state index contributed by atoms with van der Waals surface area (Å²) in [6, 6.07) is 9.84. The molecule has 3 unspecified atom stereocenters. The van der Waals surface area contributed by atoms with Gasteiger partial charge in [0.05, 0.1) is 12.0 Å². The van der Waals surface area contributed by atoms with Gasteiger partial charge in [0.2, 0.25) is 11.8 Å². The van der Waals surface area contributed by atoms with Crippen molar-refractivity contribution >= 4 is 11.8 Å². The maximum Gasteiger partial charge on any atom is 0.245 e. The third kappa shape index (κ3) is 3.96. The van der Waals surface area contributed by atoms with E-state index in [1.165, 1.54) is 5.56 Å². The van der Waals surface area contributed by atoms with Gasteiger partial charge >= 0.3 is 0 Å². The Morgan fingerprint density at radius 1 is 1.21 bits per heavy atom. The van der Waals surface area contributed by atoms with Crippen LogP contribution in [0.25, 0.3) is 0 Å². The van der Waals surface area contributed by atoms with Crippen LogP contribution in [0, 0.1) is 5.92 Å². The lowest BCUT2D eigenvalue weighted by molar-refractivity contribution is -0.135. The van der Waals surface area contributed by atoms with Gasteiger partial charge in [-0.25, -0.2) is 0 Å². The summed E-state index contributed by atoms with van der Waals surface area (Å²) in [4.78, 5) is 26.5. The van der Waals surface area contributed by atoms with E-state index in [0.29, 0.717) is 25.8 Å². The highest BCUT2D eigenvalue weighted by molar-refractivity contribution is 5.90. The van der Waals surface area contributed by atoms with Crippen molar-refractivity contribution in [3.05, 3.63) is 35.9 Å². The van der Waals surface area contributed by atoms with E-state index in [4.69, 9.17) is 0 Å². The molecule has 0 spiro atoms. The highest BCUT2D eigenvalue weighted by Gasteiger charge is 2.37. The number of aryl methyl sites for hydroxylation is 1. The quantitative estimate of drug-likeness (QED) is 0.830. The summed E-state index contributed by atoms with van der Waals surface area (Å²) < 4.78 is 0. The molecular weight excluding hydrogens is 304 g/mol. The minimum Gasteiger partial charge on any atom is -0.392 e. The number of carbonyl (C=O) groups excluding carboxylic acids is 2. The summed E-state index contributed by atoms with van der Waals surface area (Å²) in [6.45, 7) is 1.43. The number of carbonyl (C=O) groups is 2. The summed E-state index contributed by atoms with van der Waals surface area (Å²) in [5.74, 6) is -0.488. The van der Waals surface area contributed by atoms with E-state index in [1.54, 1.807) is 0 Å². The van der Waals surface area contributed by atoms with Crippen LogP contribution in [0.5, 0.6) is 0 Å². The fraction of sp³-hybridized carbons (Fsp3) is 0.579. The minimum absolute atomic E-state index is 0.0175. The number of benzene rings is 1. The number of nitrogens with zero attached hydrogens (tertiary/aromatic N) is 1. The summed E-state index contributed by atoms with van der Waals surface area (Å²) in [6.07, 6.45) is 4.27. The molecule has 1 aromatic carbocycles. The molecule has 2 fully saturated rings. The van der Waals surface area contributed by atoms with Crippen LogP contribution in [0.3, 0.4) is 0 Å². The van der Waals surface area contributed by atoms with Crippen molar-refractivity contribution in [1.29, 1.82) is 0 Å². The molecule has 24 heavy (non-hydrogen) atoms. The maximum atomic E-state index is 12.4. The van der Waals surface area contributed by atoms with Crippen LogP contribution in [0.2, 0.25) is 0 Å². The molecule has 0 bridgehead atoms. The third-order valence-corrected chi connectivity index (χ3v) is 5.17. The van der Waals surface area contributed by atoms with Gasteiger partial charge in [0.15, 0.2) is 0 Å². The summed E-state index contributed by atoms with van der Waals surface area (Å²) in [5.41, 5.74) is 1.28. The van der Waals surface area contributed by atoms with Gasteiger partial charge in [0.25, 0.3) is 0 Å². The zero-order valence-electron chi connectivity index (χ0n) is 14.0. The first kappa shape index (κ1) is 17.0. The Morgan fingerprint density at radius 2 is 2.00 bits per heavy atom. The smallest absolute Gasteiger partial charge is 0.245 e. The molecule has 3 atom stereocenters. The van der Waals surface area contributed by atoms with Gasteiger partial charge in [0.1, 0.15) is 6.04 Å². The lowest BCUT2D eigenvalue weighted by Gasteiger charge is -2.19. The van der Waals surface area contributed by atoms with Crippen molar-refractivity contribution in [2.45, 2.75) is 50.7 Å². The Labute approximate surface area is 143 Å². The topological polar surface area (TPSA) is 69.6 Å². The number of likely N-dealkylation sites (tertiary alicyclic amines) is 1. The van der Waals surface area contributed by atoms with Crippen LogP contribution >= 0.6 is 0 Å². The number of hydrogen-bond acceptors (Lipinski definition) is 3. The largest absolute Gasteiger partial charge is 0.392 e. The van der Waals surface area contributed by atoms with E-state index < -0.39 is 12.1 Å². The number of nitrogens with one attached hydrogen (secondary N) is 1. The van der Waals surface area contributed by atoms with E-state index in [0.717, 1.165) is 25.8 Å². The highest BCUT2D eigenvalue weighted by atomic mass is 16.3. The highest BCUT2D eigenvalue weighted by Crippen LogP contribution is 2.26. The zero-order valence-corrected chi connectivity index (χ0v) is 14.0. The van der Waals surface area contributed by atoms with Gasteiger partial charge in [-0.15, -0.1) is 0 Å². The van der Waals surface area contributed by atoms with Crippen molar-refractivity contribution in [3.63, 3.8) is 0 Å². The van der Waals surface area contributed by atoms with E-state index in [9.17, 15) is 14.7 Å². The van der Waals surface area contributed by atoms with E-state index >= 15 is 0 Å². The summed E-state index contributed by atoms with van der Waals surface area (Å²) >= 11 is 0. The Kier molecular flexibility index (Phi) is 5.51. The first-order chi connectivity index (χ1) is 11.6. The molecular formula is C19H26N2O3. The van der Waals surface area contributed by atoms with Crippen LogP contribution in [0.15, 0.2) is 30.3 Å². The van der Waals surface area contributed by atoms with Gasteiger partial charge in [-0.1, -0.05) is 30.3 Å². The fourth-order valence-electron chi connectivity index (χ4n) is 3.74. The molecule has 2 aliphatic rings. The van der Waals surface area contributed by atoms with Gasteiger partial charge in [-0.3, -0.25) is 9.59 Å². The van der Waals surface area contributed by atoms with Crippen LogP contribution < -0.4 is 5.32 Å². The van der Waals surface area contributed by atoms with Crippen molar-refractivity contribution in [3.8, 4) is 0 Å². The van der Waals surface area contributed by atoms with E-state index in [1.807, 2.05) is 23.1 Å². The third-order valence-electron chi connectivity index (χ3n) is 5.17. The molecule has 1 aliphatic carbocycles. The molecule has 5 heteroatoms. The van der Waals surface area contributed by atoms with Crippen LogP contribution in [-0.4, -0.2) is 47.1 Å². The number of aliphatic hydroxyl groups is 1. The van der Waals surface area contributed by atoms with Crippen molar-refractivity contribution < 1.29 is 14.7 Å². The SMILES string of the molecule is O=C(NC1CCN(CCCc2ccccc2)C1=O)C1CCCC1O. The summed E-state index contributed by atoms with van der Waals surface area (Å²) in [5, 5.41) is 12.7. The Hall–Kier alpha value is -1.88. The van der Waals surface area contributed by atoms with Crippen molar-refractivity contribution in [2.75, 3.05) is 13.1 Å². The first-order valence-electron chi connectivity index (χ1n) is 8.96. The van der Waals surface area contributed by atoms with Gasteiger partial charge in [0, 0.05) is 13.1 Å². The van der Waals surface area contributed by atoms with Gasteiger partial charge in [-0.05, 0) is 44.1 Å². The lowest BCUT2D eigenvalue weighted by atomic mass is 10.0. The molecule has 130 valence electrons. The molecule has 5 nitrogen and oxygen atoms in total. The van der Waals surface area contributed by atoms with Crippen LogP contribution in [0.4, 0.5) is 0 Å². The second-order valence-corrected chi connectivity index (χ2v) is 6.87. The second-order valence-electron chi connectivity index (χ2n) is 6.87. The second kappa shape index (κ2) is 7.79. The average Bonchev–Trinajstić information content (AvgIpc) is 3.16. The lowest BCUT2D eigenvalue weighted by Crippen LogP contribution is -2.45. The average molecular weight is 330 g/mol. The number of amides is 2. The molecule has 1 saturated carbocycles. The predicted octanol–water partition coefficient (Wildman–Crippen LogP) is 1.50. The number of rotatable bonds is 6. The predicted molar refractivity (Wildman–Crippen MR) is 91.2 cm³/mol. The zero-order chi connectivity index (χ0) is 16.9. The van der Waals surface area contributed by atoms with Gasteiger partial charge < -0.3 is 15.3 Å². The minimum atomic E-state index is -0.552. The Bertz CT molecular complexity index is 575. The normalized spacial score (nSPS) is 26.8. The van der Waals surface area contributed by atoms with E-state index in [2.05, 4.69) is 17.4 Å². The molecule has 0 radical (unpaired) electrons. The molecule has 0 aromatic heterocycles. The first-order valence-corrected chi connectivity index (χ1v) is 8.96. The monoisotopic (exact) mass is 330 g/mol. The molecule has 3 rings (SSSR count). The number of aliphatic hydroxyl groups excluding tert-OH is 1. The Morgan fingerprint density at radius 3 is 2.71 bits per heavy atom. The van der Waals surface area contributed by atoms with Crippen LogP contribution in [-0.2, 0) is 16.0 Å². The molecule has 1 aliphatic heterocycles. The van der Waals surface area contributed by atoms with Crippen molar-refractivity contribution in [1.82, 2.24) is 10.2 Å². The van der Waals surface area contributed by atoms with E-state index in [-0.39, 0.29) is 17.7 Å². The Balaban J connectivity index is 1.44. The van der Waals surface area contributed by atoms with Crippen LogP contribution in [0.1, 0.15) is 37.7 Å². The fourth-order valence-corrected chi connectivity index (χ4v) is 3.74. The van der Waals surface area contributed by atoms with Crippen molar-refractivity contribution in [2.24, 2.45) is 5.92 Å². The maximum absolute atomic E-state index is 12.4. The summed E-state index contributed by atoms with van der Waals surface area (Å²) in [7, 11) is 0. The number of hydrogen-bond donors (Lipinski definition) is 2. The van der Waals surface area contributed by atoms with Gasteiger partial charge in [-0.2, -0.15) is 0 Å². The molecule has 1 saturated heterocycles. The standard InChI is InChI=1S/C19H26N2O3/c22-17-10-4-9-15(17)18(23)20-16-11-13-21(19(16)24)12-5-8-14-6-2-1-3-7-14/h1-3,6-7,15-17,22H,4-5,8-13H2,(H,20,23). The molecule has 1 heterocycles. The molecule has 2 amide bonds. The molecule has 1 aromatic rings. The molecule has 2 N–H and O–H groups in total.